The van der Waals surface area contributed by atoms with Crippen LogP contribution in [-0.4, -0.2) is 53.3 Å². The van der Waals surface area contributed by atoms with Crippen molar-refractivity contribution in [2.75, 3.05) is 24.5 Å². The Morgan fingerprint density at radius 2 is 1.68 bits per heavy atom. The minimum atomic E-state index is -4.48. The topological polar surface area (TPSA) is 109 Å². The number of hydrogen-bond donors (Lipinski definition) is 2. The molecule has 2 aromatic carbocycles. The zero-order valence-corrected chi connectivity index (χ0v) is 23.3. The van der Waals surface area contributed by atoms with Crippen molar-refractivity contribution in [3.8, 4) is 0 Å². The monoisotopic (exact) mass is 571 g/mol. The number of fused-ring (bicyclic) bond motifs is 1. The predicted octanol–water partition coefficient (Wildman–Crippen LogP) is 4.66. The normalized spacial score (nSPS) is 12.1. The molecule has 3 amide bonds. The summed E-state index contributed by atoms with van der Waals surface area (Å²) >= 11 is 0. The minimum absolute atomic E-state index is 0.0548. The smallest absolute Gasteiger partial charge is 0.346 e. The maximum atomic E-state index is 13.4. The lowest BCUT2D eigenvalue weighted by Gasteiger charge is -2.25. The van der Waals surface area contributed by atoms with E-state index in [1.807, 2.05) is 38.1 Å². The number of para-hydroxylation sites is 1. The van der Waals surface area contributed by atoms with Crippen molar-refractivity contribution >= 4 is 34.3 Å². The molecule has 3 rings (SSSR count). The van der Waals surface area contributed by atoms with E-state index in [2.05, 4.69) is 10.3 Å². The van der Waals surface area contributed by atoms with E-state index >= 15 is 0 Å². The Morgan fingerprint density at radius 3 is 2.34 bits per heavy atom. The van der Waals surface area contributed by atoms with Crippen LogP contribution < -0.4 is 16.0 Å². The molecule has 0 spiro atoms. The first-order valence-corrected chi connectivity index (χ1v) is 13.7. The number of nitrogens with zero attached hydrogens (tertiary/aromatic N) is 3. The van der Waals surface area contributed by atoms with Crippen molar-refractivity contribution in [3.63, 3.8) is 0 Å². The number of nitrogens with two attached hydrogens (primary N) is 1. The highest BCUT2D eigenvalue weighted by molar-refractivity contribution is 5.99. The molecule has 0 bridgehead atoms. The second kappa shape index (κ2) is 14.6. The van der Waals surface area contributed by atoms with Gasteiger partial charge in [-0.2, -0.15) is 13.2 Å². The van der Waals surface area contributed by atoms with Crippen LogP contribution in [-0.2, 0) is 27.1 Å². The molecule has 0 saturated carbocycles. The van der Waals surface area contributed by atoms with Gasteiger partial charge in [0.1, 0.15) is 0 Å². The summed E-state index contributed by atoms with van der Waals surface area (Å²) in [6.45, 7) is 4.67. The fourth-order valence-corrected chi connectivity index (χ4v) is 4.29. The fourth-order valence-electron chi connectivity index (χ4n) is 4.29. The zero-order chi connectivity index (χ0) is 30.0. The second-order valence-electron chi connectivity index (χ2n) is 9.82. The second-order valence-corrected chi connectivity index (χ2v) is 9.82. The van der Waals surface area contributed by atoms with Crippen LogP contribution in [0.4, 0.5) is 18.9 Å². The third-order valence-corrected chi connectivity index (χ3v) is 6.58. The summed E-state index contributed by atoms with van der Waals surface area (Å²) < 4.78 is 39.1. The van der Waals surface area contributed by atoms with Crippen molar-refractivity contribution in [2.24, 2.45) is 5.73 Å². The molecule has 3 N–H and O–H groups in total. The van der Waals surface area contributed by atoms with Crippen molar-refractivity contribution in [1.82, 2.24) is 15.2 Å². The Hall–Kier alpha value is -3.99. The summed E-state index contributed by atoms with van der Waals surface area (Å²) in [4.78, 5) is 46.2. The van der Waals surface area contributed by atoms with Gasteiger partial charge in [0.05, 0.1) is 48.5 Å². The molecule has 0 aliphatic heterocycles. The summed E-state index contributed by atoms with van der Waals surface area (Å²) in [5, 5.41) is 3.27. The number of pyridine rings is 1. The van der Waals surface area contributed by atoms with Gasteiger partial charge in [-0.3, -0.25) is 19.4 Å². The molecule has 11 heteroatoms. The number of nitrogens with one attached hydrogen (secondary N) is 1. The van der Waals surface area contributed by atoms with Crippen LogP contribution in [0, 0.1) is 0 Å². The Kier molecular flexibility index (Phi) is 11.2. The predicted molar refractivity (Wildman–Crippen MR) is 152 cm³/mol. The van der Waals surface area contributed by atoms with E-state index in [4.69, 9.17) is 5.73 Å². The van der Waals surface area contributed by atoms with Crippen LogP contribution in [0.1, 0.15) is 50.7 Å². The van der Waals surface area contributed by atoms with Crippen molar-refractivity contribution in [3.05, 3.63) is 71.9 Å². The van der Waals surface area contributed by atoms with Gasteiger partial charge in [-0.05, 0) is 42.7 Å². The van der Waals surface area contributed by atoms with Crippen LogP contribution in [0.5, 0.6) is 0 Å². The molecule has 1 unspecified atom stereocenters. The quantitative estimate of drug-likeness (QED) is 0.310. The number of unbranched alkanes of at least 4 members (excludes halogenated alkanes) is 1. The van der Waals surface area contributed by atoms with E-state index in [0.29, 0.717) is 29.9 Å². The number of aromatic nitrogens is 1. The van der Waals surface area contributed by atoms with E-state index in [1.54, 1.807) is 11.0 Å². The number of amides is 3. The molecule has 8 nitrogen and oxygen atoms in total. The van der Waals surface area contributed by atoms with Gasteiger partial charge >= 0.3 is 6.18 Å². The molecule has 0 aliphatic carbocycles. The van der Waals surface area contributed by atoms with Gasteiger partial charge < -0.3 is 20.9 Å². The number of benzene rings is 2. The highest BCUT2D eigenvalue weighted by Crippen LogP contribution is 2.29. The molecular formula is C30H36F3N5O3. The minimum Gasteiger partial charge on any atom is -0.346 e. The van der Waals surface area contributed by atoms with Crippen molar-refractivity contribution in [1.29, 1.82) is 0 Å². The number of alkyl halides is 3. The lowest BCUT2D eigenvalue weighted by Crippen LogP contribution is -2.48. The standard InChI is InChI=1S/C30H36F3N5O3/c1-3-5-15-37(14-4-2)27(39)17-25(34)29(41)36-19-28(40)38(20-21-10-12-23(13-11-21)30(31,32)33)24-16-22-8-6-7-9-26(22)35-18-24/h6-13,16,18,25H,3-5,14-15,17,19-20,34H2,1-2H3,(H,36,41). The molecule has 220 valence electrons. The number of hydrogen-bond acceptors (Lipinski definition) is 5. The lowest BCUT2D eigenvalue weighted by molar-refractivity contribution is -0.137. The number of halogens is 3. The number of rotatable bonds is 13. The van der Waals surface area contributed by atoms with E-state index in [1.165, 1.54) is 23.2 Å². The van der Waals surface area contributed by atoms with E-state index in [0.717, 1.165) is 36.8 Å². The molecule has 1 atom stereocenters. The number of anilines is 1. The average molecular weight is 572 g/mol. The third kappa shape index (κ3) is 9.01. The van der Waals surface area contributed by atoms with Crippen LogP contribution in [0.3, 0.4) is 0 Å². The molecule has 0 saturated heterocycles. The fraction of sp³-hybridized carbons (Fsp3) is 0.400. The first kappa shape index (κ1) is 31.5. The van der Waals surface area contributed by atoms with Crippen LogP contribution >= 0.6 is 0 Å². The largest absolute Gasteiger partial charge is 0.416 e. The molecule has 1 heterocycles. The maximum absolute atomic E-state index is 13.4. The highest BCUT2D eigenvalue weighted by atomic mass is 19.4. The molecule has 0 fully saturated rings. The summed E-state index contributed by atoms with van der Waals surface area (Å²) in [6, 6.07) is 12.4. The van der Waals surface area contributed by atoms with E-state index in [9.17, 15) is 27.6 Å². The number of carbonyl (C=O) groups is 3. The molecule has 0 aliphatic rings. The van der Waals surface area contributed by atoms with Gasteiger partial charge in [-0.25, -0.2) is 0 Å². The molecular weight excluding hydrogens is 535 g/mol. The van der Waals surface area contributed by atoms with E-state index in [-0.39, 0.29) is 18.9 Å². The lowest BCUT2D eigenvalue weighted by atomic mass is 10.1. The van der Waals surface area contributed by atoms with Crippen molar-refractivity contribution < 1.29 is 27.6 Å². The Balaban J connectivity index is 1.73. The molecule has 0 radical (unpaired) electrons. The van der Waals surface area contributed by atoms with Gasteiger partial charge in [-0.1, -0.05) is 50.6 Å². The molecule has 1 aromatic heterocycles. The van der Waals surface area contributed by atoms with Crippen molar-refractivity contribution in [2.45, 2.75) is 58.3 Å². The van der Waals surface area contributed by atoms with Gasteiger partial charge in [0, 0.05) is 18.5 Å². The van der Waals surface area contributed by atoms with Crippen LogP contribution in [0.25, 0.3) is 10.9 Å². The van der Waals surface area contributed by atoms with Gasteiger partial charge in [0.25, 0.3) is 0 Å². The van der Waals surface area contributed by atoms with Gasteiger partial charge in [-0.15, -0.1) is 0 Å². The third-order valence-electron chi connectivity index (χ3n) is 6.58. The average Bonchev–Trinajstić information content (AvgIpc) is 2.96. The summed E-state index contributed by atoms with van der Waals surface area (Å²) in [5.74, 6) is -1.39. The molecule has 3 aromatic rings. The highest BCUT2D eigenvalue weighted by Gasteiger charge is 2.30. The van der Waals surface area contributed by atoms with Gasteiger partial charge in [0.15, 0.2) is 0 Å². The SMILES string of the molecule is CCCCN(CCC)C(=O)CC(N)C(=O)NCC(=O)N(Cc1ccc(C(F)(F)F)cc1)c1cnc2ccccc2c1. The van der Waals surface area contributed by atoms with E-state index < -0.39 is 36.1 Å². The summed E-state index contributed by atoms with van der Waals surface area (Å²) in [7, 11) is 0. The first-order chi connectivity index (χ1) is 19.5. The maximum Gasteiger partial charge on any atom is 0.416 e. The van der Waals surface area contributed by atoms with Crippen LogP contribution in [0.2, 0.25) is 0 Å². The Morgan fingerprint density at radius 1 is 0.976 bits per heavy atom. The Bertz CT molecular complexity index is 1330. The summed E-state index contributed by atoms with van der Waals surface area (Å²) in [6.07, 6.45) is -0.616. The first-order valence-electron chi connectivity index (χ1n) is 13.7. The molecule has 41 heavy (non-hydrogen) atoms. The van der Waals surface area contributed by atoms with Crippen LogP contribution in [0.15, 0.2) is 60.8 Å². The zero-order valence-electron chi connectivity index (χ0n) is 23.3. The number of carbonyl (C=O) groups excluding carboxylic acids is 3. The van der Waals surface area contributed by atoms with Gasteiger partial charge in [0.2, 0.25) is 17.7 Å². The summed E-state index contributed by atoms with van der Waals surface area (Å²) in [5.41, 5.74) is 6.78. The Labute approximate surface area is 237 Å².